The lowest BCUT2D eigenvalue weighted by Crippen LogP contribution is -1.92. The van der Waals surface area contributed by atoms with Gasteiger partial charge in [-0.25, -0.2) is 5.53 Å². The third-order valence-corrected chi connectivity index (χ3v) is 1.43. The molecule has 2 aromatic heterocycles. The van der Waals surface area contributed by atoms with Crippen LogP contribution in [0, 0.1) is 5.53 Å². The number of nitrogens with two attached hydrogens (primary N) is 1. The number of anilines is 1. The minimum Gasteiger partial charge on any atom is -0.383 e. The lowest BCUT2D eigenvalue weighted by atomic mass is 10.4. The van der Waals surface area contributed by atoms with Crippen LogP contribution in [-0.4, -0.2) is 20.2 Å². The van der Waals surface area contributed by atoms with E-state index in [2.05, 4.69) is 25.3 Å². The minimum absolute atomic E-state index is 0.0317. The molecule has 7 heteroatoms. The van der Waals surface area contributed by atoms with Gasteiger partial charge in [0.1, 0.15) is 5.82 Å². The van der Waals surface area contributed by atoms with Gasteiger partial charge in [-0.1, -0.05) is 0 Å². The minimum atomic E-state index is 0.0317. The SMILES string of the molecule is N=Nc1nc(N)c2cn[nH]c2n1. The van der Waals surface area contributed by atoms with Crippen molar-refractivity contribution in [2.75, 3.05) is 5.73 Å². The van der Waals surface area contributed by atoms with Gasteiger partial charge in [0.05, 0.1) is 11.6 Å². The van der Waals surface area contributed by atoms with Gasteiger partial charge < -0.3 is 5.73 Å². The normalized spacial score (nSPS) is 10.3. The monoisotopic (exact) mass is 163 g/mol. The molecule has 4 N–H and O–H groups in total. The van der Waals surface area contributed by atoms with Crippen molar-refractivity contribution in [3.8, 4) is 0 Å². The number of nitrogen functional groups attached to an aromatic ring is 1. The van der Waals surface area contributed by atoms with E-state index < -0.39 is 0 Å². The summed E-state index contributed by atoms with van der Waals surface area (Å²) in [4.78, 5) is 7.60. The van der Waals surface area contributed by atoms with Gasteiger partial charge in [0.25, 0.3) is 5.95 Å². The molecule has 0 aliphatic rings. The van der Waals surface area contributed by atoms with Crippen LogP contribution in [0.1, 0.15) is 0 Å². The molecule has 0 aromatic carbocycles. The molecule has 0 unspecified atom stereocenters. The highest BCUT2D eigenvalue weighted by atomic mass is 15.2. The van der Waals surface area contributed by atoms with Gasteiger partial charge in [-0.2, -0.15) is 15.1 Å². The van der Waals surface area contributed by atoms with E-state index in [-0.39, 0.29) is 11.8 Å². The molecule has 0 amide bonds. The van der Waals surface area contributed by atoms with Gasteiger partial charge >= 0.3 is 0 Å². The first-order valence-electron chi connectivity index (χ1n) is 3.15. The molecule has 0 radical (unpaired) electrons. The maximum absolute atomic E-state index is 6.68. The summed E-state index contributed by atoms with van der Waals surface area (Å²) < 4.78 is 0. The lowest BCUT2D eigenvalue weighted by molar-refractivity contribution is 1.03. The van der Waals surface area contributed by atoms with Crippen molar-refractivity contribution in [2.45, 2.75) is 0 Å². The van der Waals surface area contributed by atoms with Crippen molar-refractivity contribution in [3.05, 3.63) is 6.20 Å². The van der Waals surface area contributed by atoms with Crippen LogP contribution in [-0.2, 0) is 0 Å². The summed E-state index contributed by atoms with van der Waals surface area (Å²) in [5, 5.41) is 10.0. The number of hydrogen-bond donors (Lipinski definition) is 3. The Morgan fingerprint density at radius 1 is 1.50 bits per heavy atom. The standard InChI is InChI=1S/C5H5N7/c6-3-2-1-8-12-4(2)10-5(9-3)11-7/h1,7H,(H3,6,8,9,10,12). The van der Waals surface area contributed by atoms with E-state index in [1.165, 1.54) is 6.20 Å². The van der Waals surface area contributed by atoms with Crippen molar-refractivity contribution in [3.63, 3.8) is 0 Å². The molecule has 0 fully saturated rings. The molecular formula is C5H5N7. The van der Waals surface area contributed by atoms with Gasteiger partial charge in [-0.3, -0.25) is 5.10 Å². The second-order valence-electron chi connectivity index (χ2n) is 2.15. The summed E-state index contributed by atoms with van der Waals surface area (Å²) in [6, 6.07) is 0. The van der Waals surface area contributed by atoms with E-state index in [1.807, 2.05) is 0 Å². The van der Waals surface area contributed by atoms with Gasteiger partial charge in [-0.05, 0) is 0 Å². The highest BCUT2D eigenvalue weighted by Gasteiger charge is 2.04. The Hall–Kier alpha value is -2.05. The lowest BCUT2D eigenvalue weighted by Gasteiger charge is -1.93. The van der Waals surface area contributed by atoms with Crippen molar-refractivity contribution in [1.29, 1.82) is 5.53 Å². The van der Waals surface area contributed by atoms with Crippen molar-refractivity contribution in [1.82, 2.24) is 20.2 Å². The smallest absolute Gasteiger partial charge is 0.272 e. The highest BCUT2D eigenvalue weighted by molar-refractivity contribution is 5.85. The van der Waals surface area contributed by atoms with Crippen LogP contribution in [0.15, 0.2) is 11.3 Å². The largest absolute Gasteiger partial charge is 0.383 e. The Bertz CT molecular complexity index is 430. The first-order valence-corrected chi connectivity index (χ1v) is 3.15. The summed E-state index contributed by atoms with van der Waals surface area (Å²) in [6.45, 7) is 0. The molecule has 60 valence electrons. The van der Waals surface area contributed by atoms with Crippen LogP contribution < -0.4 is 5.73 Å². The van der Waals surface area contributed by atoms with Crippen molar-refractivity contribution < 1.29 is 0 Å². The number of nitrogens with one attached hydrogen (secondary N) is 2. The number of rotatable bonds is 1. The van der Waals surface area contributed by atoms with Crippen molar-refractivity contribution >= 4 is 22.8 Å². The van der Waals surface area contributed by atoms with E-state index in [1.54, 1.807) is 0 Å². The zero-order valence-electron chi connectivity index (χ0n) is 5.94. The van der Waals surface area contributed by atoms with Crippen LogP contribution in [0.5, 0.6) is 0 Å². The number of aromatic nitrogens is 4. The summed E-state index contributed by atoms with van der Waals surface area (Å²) in [5.74, 6) is 0.309. The topological polar surface area (TPSA) is 117 Å². The maximum Gasteiger partial charge on any atom is 0.272 e. The number of H-pyrrole nitrogens is 1. The van der Waals surface area contributed by atoms with E-state index in [0.717, 1.165) is 0 Å². The van der Waals surface area contributed by atoms with Crippen LogP contribution in [0.4, 0.5) is 11.8 Å². The third-order valence-electron chi connectivity index (χ3n) is 1.43. The average molecular weight is 163 g/mol. The predicted octanol–water partition coefficient (Wildman–Crippen LogP) is 0.598. The summed E-state index contributed by atoms with van der Waals surface area (Å²) in [5.41, 5.74) is 12.7. The molecule has 7 nitrogen and oxygen atoms in total. The molecule has 0 bridgehead atoms. The summed E-state index contributed by atoms with van der Waals surface area (Å²) in [7, 11) is 0. The molecule has 2 heterocycles. The Balaban J connectivity index is 2.83. The zero-order valence-corrected chi connectivity index (χ0v) is 5.94. The van der Waals surface area contributed by atoms with Gasteiger partial charge in [0, 0.05) is 0 Å². The molecule has 0 aliphatic heterocycles. The van der Waals surface area contributed by atoms with E-state index in [9.17, 15) is 0 Å². The molecular weight excluding hydrogens is 158 g/mol. The maximum atomic E-state index is 6.68. The van der Waals surface area contributed by atoms with Crippen molar-refractivity contribution in [2.24, 2.45) is 5.11 Å². The first kappa shape index (κ1) is 6.65. The Kier molecular flexibility index (Phi) is 1.23. The highest BCUT2D eigenvalue weighted by Crippen LogP contribution is 2.17. The number of hydrogen-bond acceptors (Lipinski definition) is 6. The van der Waals surface area contributed by atoms with Gasteiger partial charge in [0.15, 0.2) is 5.65 Å². The van der Waals surface area contributed by atoms with E-state index >= 15 is 0 Å². The molecule has 0 saturated heterocycles. The quantitative estimate of drug-likeness (QED) is 0.533. The number of fused-ring (bicyclic) bond motifs is 1. The fourth-order valence-corrected chi connectivity index (χ4v) is 0.895. The van der Waals surface area contributed by atoms with Crippen LogP contribution in [0.2, 0.25) is 0 Å². The second-order valence-corrected chi connectivity index (χ2v) is 2.15. The fourth-order valence-electron chi connectivity index (χ4n) is 0.895. The van der Waals surface area contributed by atoms with E-state index in [0.29, 0.717) is 11.0 Å². The zero-order chi connectivity index (χ0) is 8.55. The molecule has 12 heavy (non-hydrogen) atoms. The number of nitrogens with zero attached hydrogens (tertiary/aromatic N) is 4. The first-order chi connectivity index (χ1) is 5.81. The third kappa shape index (κ3) is 0.797. The summed E-state index contributed by atoms with van der Waals surface area (Å²) in [6.07, 6.45) is 1.53. The Labute approximate surface area is 66.5 Å². The molecule has 2 rings (SSSR count). The van der Waals surface area contributed by atoms with E-state index in [4.69, 9.17) is 11.3 Å². The fraction of sp³-hybridized carbons (Fsp3) is 0. The Morgan fingerprint density at radius 2 is 2.33 bits per heavy atom. The van der Waals surface area contributed by atoms with Gasteiger partial charge in [-0.15, -0.1) is 5.11 Å². The molecule has 2 aromatic rings. The number of aromatic amines is 1. The molecule has 0 aliphatic carbocycles. The average Bonchev–Trinajstić information content (AvgIpc) is 2.52. The Morgan fingerprint density at radius 3 is 3.08 bits per heavy atom. The molecule has 0 saturated carbocycles. The summed E-state index contributed by atoms with van der Waals surface area (Å²) >= 11 is 0. The predicted molar refractivity (Wildman–Crippen MR) is 40.9 cm³/mol. The van der Waals surface area contributed by atoms with Crippen LogP contribution in [0.3, 0.4) is 0 Å². The van der Waals surface area contributed by atoms with Gasteiger partial charge in [0.2, 0.25) is 0 Å². The van der Waals surface area contributed by atoms with Crippen LogP contribution in [0.25, 0.3) is 11.0 Å². The van der Waals surface area contributed by atoms with Crippen LogP contribution >= 0.6 is 0 Å². The second kappa shape index (κ2) is 2.22. The molecule has 0 spiro atoms. The molecule has 0 atom stereocenters.